The summed E-state index contributed by atoms with van der Waals surface area (Å²) in [4.78, 5) is 16.9. The summed E-state index contributed by atoms with van der Waals surface area (Å²) in [6, 6.07) is 33.5. The van der Waals surface area contributed by atoms with Crippen molar-refractivity contribution < 1.29 is 35.4 Å². The fraction of sp³-hybridized carbons (Fsp3) is 0.186. The fourth-order valence-corrected chi connectivity index (χ4v) is 8.32. The Hall–Kier alpha value is -6.61. The summed E-state index contributed by atoms with van der Waals surface area (Å²) < 4.78 is 82.8. The molecule has 0 radical (unpaired) electrons. The molecule has 2 aliphatic rings. The van der Waals surface area contributed by atoms with Crippen molar-refractivity contribution in [2.75, 3.05) is 83.7 Å². The van der Waals surface area contributed by atoms with Gasteiger partial charge in [-0.3, -0.25) is 9.11 Å². The lowest BCUT2D eigenvalue weighted by Crippen LogP contribution is -2.37. The number of benzene rings is 5. The first-order valence-electron chi connectivity index (χ1n) is 19.6. The van der Waals surface area contributed by atoms with E-state index < -0.39 is 30.0 Å². The van der Waals surface area contributed by atoms with E-state index in [0.29, 0.717) is 69.9 Å². The van der Waals surface area contributed by atoms with Crippen LogP contribution in [-0.4, -0.2) is 93.5 Å². The maximum atomic E-state index is 12.8. The smallest absolute Gasteiger partial charge is 0.295 e. The van der Waals surface area contributed by atoms with Crippen molar-refractivity contribution in [1.82, 2.24) is 15.0 Å². The maximum absolute atomic E-state index is 12.8. The van der Waals surface area contributed by atoms with Gasteiger partial charge < -0.3 is 40.5 Å². The molecule has 6 aromatic rings. The largest absolute Gasteiger partial charge is 0.378 e. The Labute approximate surface area is 359 Å². The highest BCUT2D eigenvalue weighted by molar-refractivity contribution is 7.86. The zero-order valence-electron chi connectivity index (χ0n) is 33.2. The number of ether oxygens (including phenoxy) is 2. The Bertz CT molecular complexity index is 2600. The summed E-state index contributed by atoms with van der Waals surface area (Å²) >= 11 is 0. The number of hydrogen-bond donors (Lipinski definition) is 6. The summed E-state index contributed by atoms with van der Waals surface area (Å²) in [7, 11) is -9.59. The van der Waals surface area contributed by atoms with Crippen LogP contribution in [0.2, 0.25) is 0 Å². The van der Waals surface area contributed by atoms with E-state index >= 15 is 0 Å². The van der Waals surface area contributed by atoms with Crippen LogP contribution in [0.4, 0.5) is 57.7 Å². The van der Waals surface area contributed by atoms with Gasteiger partial charge >= 0.3 is 0 Å². The van der Waals surface area contributed by atoms with Crippen LogP contribution in [0.25, 0.3) is 12.2 Å². The molecule has 3 heterocycles. The van der Waals surface area contributed by atoms with Gasteiger partial charge in [-0.05, 0) is 77.9 Å². The summed E-state index contributed by atoms with van der Waals surface area (Å²) in [5, 5.41) is 12.9. The molecule has 17 nitrogen and oxygen atoms in total. The average molecular weight is 878 g/mol. The predicted octanol–water partition coefficient (Wildman–Crippen LogP) is 7.18. The minimum Gasteiger partial charge on any atom is -0.378 e. The van der Waals surface area contributed by atoms with Crippen molar-refractivity contribution in [2.24, 2.45) is 0 Å². The zero-order chi connectivity index (χ0) is 43.1. The lowest BCUT2D eigenvalue weighted by molar-refractivity contribution is 0.122. The standard InChI is InChI=1S/C43H43N9O8S2/c53-61(54,55)39-28-34(45-37-25-36(44-32-7-3-1-4-8-32)26-38(27-37)51-17-21-59-22-18-51)15-13-30(39)11-12-31-14-16-35(29-40(31)62(56,57)58)47-42-48-41(46-33-9-5-2-6-10-33)49-43(50-42)52-19-23-60-24-20-52/h1-16,25-29,44-45H,17-24H2,(H,53,54,55)(H,56,57,58)(H2,46,47,48,49,50). The molecular weight excluding hydrogens is 835 g/mol. The quantitative estimate of drug-likeness (QED) is 0.0471. The monoisotopic (exact) mass is 877 g/mol. The van der Waals surface area contributed by atoms with Crippen molar-refractivity contribution in [2.45, 2.75) is 9.79 Å². The molecule has 0 saturated carbocycles. The fourth-order valence-electron chi connectivity index (χ4n) is 6.90. The summed E-state index contributed by atoms with van der Waals surface area (Å²) in [5.74, 6) is 0.723. The van der Waals surface area contributed by atoms with E-state index in [1.54, 1.807) is 12.1 Å². The van der Waals surface area contributed by atoms with Crippen LogP contribution < -0.4 is 31.1 Å². The van der Waals surface area contributed by atoms with Gasteiger partial charge in [-0.15, -0.1) is 0 Å². The first-order valence-corrected chi connectivity index (χ1v) is 22.5. The SMILES string of the molecule is O=S(=O)(O)c1cc(Nc2cc(Nc3ccccc3)cc(N3CCOCC3)c2)ccc1C=Cc1ccc(Nc2nc(Nc3ccccc3)nc(N3CCOCC3)n2)cc1S(=O)(=O)O. The summed E-state index contributed by atoms with van der Waals surface area (Å²) in [5.41, 5.74) is 4.70. The van der Waals surface area contributed by atoms with Crippen LogP contribution in [0.5, 0.6) is 0 Å². The Morgan fingerprint density at radius 3 is 1.42 bits per heavy atom. The second-order valence-electron chi connectivity index (χ2n) is 14.3. The Morgan fingerprint density at radius 2 is 0.919 bits per heavy atom. The molecule has 0 amide bonds. The molecular formula is C43H43N9O8S2. The number of rotatable bonds is 14. The van der Waals surface area contributed by atoms with Crippen molar-refractivity contribution in [3.8, 4) is 0 Å². The molecule has 0 aliphatic carbocycles. The van der Waals surface area contributed by atoms with Crippen molar-refractivity contribution in [3.05, 3.63) is 126 Å². The van der Waals surface area contributed by atoms with Crippen molar-refractivity contribution >= 4 is 90.0 Å². The van der Waals surface area contributed by atoms with Gasteiger partial charge in [-0.1, -0.05) is 60.7 Å². The van der Waals surface area contributed by atoms with Crippen LogP contribution in [0, 0.1) is 0 Å². The van der Waals surface area contributed by atoms with Crippen LogP contribution in [0.1, 0.15) is 11.1 Å². The molecule has 8 rings (SSSR count). The third kappa shape index (κ3) is 10.8. The Kier molecular flexibility index (Phi) is 12.6. The minimum absolute atomic E-state index is 0.0380. The number of hydrogen-bond acceptors (Lipinski definition) is 15. The molecule has 0 spiro atoms. The summed E-state index contributed by atoms with van der Waals surface area (Å²) in [6.07, 6.45) is 2.67. The van der Waals surface area contributed by atoms with Gasteiger partial charge in [-0.25, -0.2) is 0 Å². The second kappa shape index (κ2) is 18.6. The average Bonchev–Trinajstić information content (AvgIpc) is 3.27. The third-order valence-corrected chi connectivity index (χ3v) is 11.7. The van der Waals surface area contributed by atoms with E-state index in [-0.39, 0.29) is 28.7 Å². The normalized spacial score (nSPS) is 14.7. The van der Waals surface area contributed by atoms with Crippen LogP contribution in [0.3, 0.4) is 0 Å². The second-order valence-corrected chi connectivity index (χ2v) is 17.1. The molecule has 5 aromatic carbocycles. The topological polar surface area (TPSA) is 220 Å². The van der Waals surface area contributed by atoms with E-state index in [4.69, 9.17) is 9.47 Å². The van der Waals surface area contributed by atoms with Crippen LogP contribution >= 0.6 is 0 Å². The molecule has 320 valence electrons. The predicted molar refractivity (Wildman–Crippen MR) is 240 cm³/mol. The first-order chi connectivity index (χ1) is 29.9. The van der Waals surface area contributed by atoms with E-state index in [9.17, 15) is 25.9 Å². The Balaban J connectivity index is 1.06. The number of para-hydroxylation sites is 2. The van der Waals surface area contributed by atoms with Crippen LogP contribution in [-0.2, 0) is 29.7 Å². The molecule has 2 saturated heterocycles. The van der Waals surface area contributed by atoms with Crippen molar-refractivity contribution in [1.29, 1.82) is 0 Å². The molecule has 62 heavy (non-hydrogen) atoms. The molecule has 0 unspecified atom stereocenters. The van der Waals surface area contributed by atoms with Gasteiger partial charge in [0.2, 0.25) is 17.8 Å². The molecule has 2 aliphatic heterocycles. The van der Waals surface area contributed by atoms with E-state index in [1.807, 2.05) is 83.8 Å². The van der Waals surface area contributed by atoms with Gasteiger partial charge in [0.15, 0.2) is 0 Å². The molecule has 1 aromatic heterocycles. The highest BCUT2D eigenvalue weighted by Crippen LogP contribution is 2.33. The minimum atomic E-state index is -4.81. The first kappa shape index (κ1) is 42.1. The van der Waals surface area contributed by atoms with Gasteiger partial charge in [-0.2, -0.15) is 31.8 Å². The maximum Gasteiger partial charge on any atom is 0.295 e. The molecule has 0 bridgehead atoms. The summed E-state index contributed by atoms with van der Waals surface area (Å²) in [6.45, 7) is 4.66. The van der Waals surface area contributed by atoms with Gasteiger partial charge in [0.1, 0.15) is 9.79 Å². The highest BCUT2D eigenvalue weighted by Gasteiger charge is 2.21. The van der Waals surface area contributed by atoms with E-state index in [1.165, 1.54) is 36.4 Å². The van der Waals surface area contributed by atoms with Gasteiger partial charge in [0.25, 0.3) is 20.2 Å². The zero-order valence-corrected chi connectivity index (χ0v) is 34.8. The molecule has 0 atom stereocenters. The third-order valence-electron chi connectivity index (χ3n) is 9.87. The lowest BCUT2D eigenvalue weighted by Gasteiger charge is -2.30. The number of morpholine rings is 2. The van der Waals surface area contributed by atoms with Gasteiger partial charge in [0.05, 0.1) is 26.4 Å². The number of nitrogens with one attached hydrogen (secondary N) is 4. The van der Waals surface area contributed by atoms with Crippen LogP contribution in [0.15, 0.2) is 125 Å². The molecule has 6 N–H and O–H groups in total. The Morgan fingerprint density at radius 1 is 0.484 bits per heavy atom. The van der Waals surface area contributed by atoms with Crippen molar-refractivity contribution in [3.63, 3.8) is 0 Å². The van der Waals surface area contributed by atoms with E-state index in [0.717, 1.165) is 22.7 Å². The van der Waals surface area contributed by atoms with Gasteiger partial charge in [0, 0.05) is 66.0 Å². The molecule has 2 fully saturated rings. The van der Waals surface area contributed by atoms with E-state index in [2.05, 4.69) is 41.1 Å². The number of aromatic nitrogens is 3. The molecule has 19 heteroatoms. The lowest BCUT2D eigenvalue weighted by atomic mass is 10.1. The number of nitrogens with zero attached hydrogens (tertiary/aromatic N) is 5. The number of anilines is 10. The highest BCUT2D eigenvalue weighted by atomic mass is 32.2.